The molecule has 1 aromatic carbocycles. The molecule has 0 saturated carbocycles. The smallest absolute Gasteiger partial charge is 0.318 e. The van der Waals surface area contributed by atoms with E-state index in [4.69, 9.17) is 0 Å². The van der Waals surface area contributed by atoms with Gasteiger partial charge in [0.1, 0.15) is 11.6 Å². The lowest BCUT2D eigenvalue weighted by molar-refractivity contribution is -0.139. The quantitative estimate of drug-likeness (QED) is 0.736. The largest absolute Gasteiger partial charge is 0.465 e. The van der Waals surface area contributed by atoms with E-state index in [0.717, 1.165) is 0 Å². The van der Waals surface area contributed by atoms with Crippen molar-refractivity contribution in [2.75, 3.05) is 12.4 Å². The number of hydrogen-bond donors (Lipinski definition) is 0. The highest BCUT2D eigenvalue weighted by Crippen LogP contribution is 2.08. The fraction of sp³-hybridized carbons (Fsp3) is 0.300. The van der Waals surface area contributed by atoms with Crippen LogP contribution in [0.1, 0.15) is 6.92 Å². The van der Waals surface area contributed by atoms with Gasteiger partial charge in [-0.1, -0.05) is 0 Å². The van der Waals surface area contributed by atoms with E-state index >= 15 is 0 Å². The second kappa shape index (κ2) is 5.60. The first-order valence-corrected chi connectivity index (χ1v) is 5.75. The molecule has 1 aromatic rings. The molecule has 0 heterocycles. The summed E-state index contributed by atoms with van der Waals surface area (Å²) in [5.41, 5.74) is 0. The predicted molar refractivity (Wildman–Crippen MR) is 54.3 cm³/mol. The van der Waals surface area contributed by atoms with Gasteiger partial charge in [0.25, 0.3) is 0 Å². The van der Waals surface area contributed by atoms with Gasteiger partial charge in [0.05, 0.1) is 17.4 Å². The highest BCUT2D eigenvalue weighted by atomic mass is 32.2. The van der Waals surface area contributed by atoms with Crippen LogP contribution >= 0.6 is 0 Å². The Labute approximate surface area is 89.7 Å². The molecule has 0 aliphatic carbocycles. The minimum atomic E-state index is -1.46. The zero-order chi connectivity index (χ0) is 11.3. The number of rotatable bonds is 4. The molecular formula is C10H11FO3S. The summed E-state index contributed by atoms with van der Waals surface area (Å²) in [6, 6.07) is 5.20. The lowest BCUT2D eigenvalue weighted by Crippen LogP contribution is -2.14. The lowest BCUT2D eigenvalue weighted by atomic mass is 10.4. The van der Waals surface area contributed by atoms with E-state index in [-0.39, 0.29) is 12.4 Å². The van der Waals surface area contributed by atoms with Gasteiger partial charge in [-0.2, -0.15) is 0 Å². The predicted octanol–water partition coefficient (Wildman–Crippen LogP) is 1.50. The molecule has 82 valence electrons. The van der Waals surface area contributed by atoms with Crippen molar-refractivity contribution < 1.29 is 18.1 Å². The summed E-state index contributed by atoms with van der Waals surface area (Å²) in [5.74, 6) is -1.11. The van der Waals surface area contributed by atoms with Gasteiger partial charge in [-0.3, -0.25) is 9.00 Å². The van der Waals surface area contributed by atoms with E-state index in [1.807, 2.05) is 0 Å². The van der Waals surface area contributed by atoms with Crippen LogP contribution in [-0.2, 0) is 20.3 Å². The third-order valence-electron chi connectivity index (χ3n) is 1.63. The van der Waals surface area contributed by atoms with Crippen molar-refractivity contribution in [1.29, 1.82) is 0 Å². The SMILES string of the molecule is CCOC(=O)C[S@@](=O)c1ccc(F)cc1. The first kappa shape index (κ1) is 11.8. The highest BCUT2D eigenvalue weighted by molar-refractivity contribution is 7.85. The fourth-order valence-electron chi connectivity index (χ4n) is 0.979. The molecule has 0 spiro atoms. The zero-order valence-electron chi connectivity index (χ0n) is 8.23. The van der Waals surface area contributed by atoms with Crippen LogP contribution in [0.25, 0.3) is 0 Å². The average molecular weight is 230 g/mol. The van der Waals surface area contributed by atoms with Crippen LogP contribution in [0.15, 0.2) is 29.2 Å². The van der Waals surface area contributed by atoms with Crippen LogP contribution in [0, 0.1) is 5.82 Å². The van der Waals surface area contributed by atoms with Crippen molar-refractivity contribution in [3.05, 3.63) is 30.1 Å². The van der Waals surface area contributed by atoms with Gasteiger partial charge in [-0.15, -0.1) is 0 Å². The topological polar surface area (TPSA) is 43.4 Å². The minimum absolute atomic E-state index is 0.195. The Bertz CT molecular complexity index is 361. The number of carbonyl (C=O) groups is 1. The van der Waals surface area contributed by atoms with Crippen molar-refractivity contribution in [3.8, 4) is 0 Å². The van der Waals surface area contributed by atoms with Gasteiger partial charge in [-0.05, 0) is 31.2 Å². The average Bonchev–Trinajstić information content (AvgIpc) is 2.18. The Kier molecular flexibility index (Phi) is 4.42. The van der Waals surface area contributed by atoms with Gasteiger partial charge >= 0.3 is 5.97 Å². The highest BCUT2D eigenvalue weighted by Gasteiger charge is 2.10. The Morgan fingerprint density at radius 3 is 2.53 bits per heavy atom. The maximum absolute atomic E-state index is 12.5. The third-order valence-corrected chi connectivity index (χ3v) is 2.93. The summed E-state index contributed by atoms with van der Waals surface area (Å²) in [6.07, 6.45) is 0. The zero-order valence-corrected chi connectivity index (χ0v) is 9.05. The van der Waals surface area contributed by atoms with Crippen molar-refractivity contribution >= 4 is 16.8 Å². The molecule has 3 nitrogen and oxygen atoms in total. The summed E-state index contributed by atoms with van der Waals surface area (Å²) < 4.78 is 28.7. The first-order chi connectivity index (χ1) is 7.13. The molecule has 0 amide bonds. The monoisotopic (exact) mass is 230 g/mol. The number of carbonyl (C=O) groups excluding carboxylic acids is 1. The number of halogens is 1. The van der Waals surface area contributed by atoms with Crippen molar-refractivity contribution in [2.24, 2.45) is 0 Å². The maximum atomic E-state index is 12.5. The summed E-state index contributed by atoms with van der Waals surface area (Å²) in [7, 11) is -1.46. The summed E-state index contributed by atoms with van der Waals surface area (Å²) >= 11 is 0. The van der Waals surface area contributed by atoms with Gasteiger partial charge in [-0.25, -0.2) is 4.39 Å². The Morgan fingerprint density at radius 1 is 1.40 bits per heavy atom. The molecule has 0 fully saturated rings. The third kappa shape index (κ3) is 3.79. The van der Waals surface area contributed by atoms with E-state index in [0.29, 0.717) is 4.90 Å². The molecule has 0 aliphatic rings. The Balaban J connectivity index is 2.61. The van der Waals surface area contributed by atoms with Crippen LogP contribution in [0.3, 0.4) is 0 Å². The van der Waals surface area contributed by atoms with E-state index < -0.39 is 22.6 Å². The standard InChI is InChI=1S/C10H11FO3S/c1-2-14-10(12)7-15(13)9-5-3-8(11)4-6-9/h3-6H,2,7H2,1H3/t15-/m1/s1. The van der Waals surface area contributed by atoms with Crippen molar-refractivity contribution in [2.45, 2.75) is 11.8 Å². The molecule has 0 bridgehead atoms. The number of hydrogen-bond acceptors (Lipinski definition) is 3. The summed E-state index contributed by atoms with van der Waals surface area (Å²) in [5, 5.41) is 0. The number of esters is 1. The van der Waals surface area contributed by atoms with Crippen LogP contribution in [-0.4, -0.2) is 22.5 Å². The lowest BCUT2D eigenvalue weighted by Gasteiger charge is -2.02. The van der Waals surface area contributed by atoms with E-state index in [9.17, 15) is 13.4 Å². The van der Waals surface area contributed by atoms with Gasteiger partial charge in [0, 0.05) is 4.90 Å². The minimum Gasteiger partial charge on any atom is -0.465 e. The van der Waals surface area contributed by atoms with Crippen molar-refractivity contribution in [3.63, 3.8) is 0 Å². The summed E-state index contributed by atoms with van der Waals surface area (Å²) in [6.45, 7) is 1.94. The molecule has 0 unspecified atom stereocenters. The molecule has 0 aromatic heterocycles. The molecule has 0 radical (unpaired) electrons. The second-order valence-corrected chi connectivity index (χ2v) is 4.20. The Morgan fingerprint density at radius 2 is 2.00 bits per heavy atom. The summed E-state index contributed by atoms with van der Waals surface area (Å²) in [4.78, 5) is 11.4. The number of benzene rings is 1. The van der Waals surface area contributed by atoms with Gasteiger partial charge in [0.15, 0.2) is 0 Å². The molecular weight excluding hydrogens is 219 g/mol. The fourth-order valence-corrected chi connectivity index (χ4v) is 1.88. The van der Waals surface area contributed by atoms with Gasteiger partial charge in [0.2, 0.25) is 0 Å². The maximum Gasteiger partial charge on any atom is 0.318 e. The molecule has 0 N–H and O–H groups in total. The van der Waals surface area contributed by atoms with Crippen LogP contribution in [0.4, 0.5) is 4.39 Å². The first-order valence-electron chi connectivity index (χ1n) is 4.43. The second-order valence-electron chi connectivity index (χ2n) is 2.75. The molecule has 0 aliphatic heterocycles. The number of ether oxygens (including phenoxy) is 1. The van der Waals surface area contributed by atoms with Crippen LogP contribution in [0.2, 0.25) is 0 Å². The van der Waals surface area contributed by atoms with Crippen LogP contribution in [0.5, 0.6) is 0 Å². The van der Waals surface area contributed by atoms with E-state index in [2.05, 4.69) is 4.74 Å². The van der Waals surface area contributed by atoms with Gasteiger partial charge < -0.3 is 4.74 Å². The van der Waals surface area contributed by atoms with E-state index in [1.165, 1.54) is 24.3 Å². The normalized spacial score (nSPS) is 12.1. The van der Waals surface area contributed by atoms with Crippen LogP contribution < -0.4 is 0 Å². The molecule has 0 saturated heterocycles. The molecule has 1 rings (SSSR count). The van der Waals surface area contributed by atoms with E-state index in [1.54, 1.807) is 6.92 Å². The molecule has 5 heteroatoms. The van der Waals surface area contributed by atoms with Crippen molar-refractivity contribution in [1.82, 2.24) is 0 Å². The molecule has 15 heavy (non-hydrogen) atoms. The molecule has 1 atom stereocenters. The Hall–Kier alpha value is -1.23.